The highest BCUT2D eigenvalue weighted by Gasteiger charge is 2.23. The molecule has 140 valence electrons. The topological polar surface area (TPSA) is 93.5 Å². The average molecular weight is 368 g/mol. The van der Waals surface area contributed by atoms with Crippen LogP contribution >= 0.6 is 0 Å². The molecule has 2 aromatic rings. The maximum absolute atomic E-state index is 12.5. The zero-order chi connectivity index (χ0) is 19.0. The first-order valence-electron chi connectivity index (χ1n) is 8.89. The van der Waals surface area contributed by atoms with E-state index in [4.69, 9.17) is 4.74 Å². The minimum Gasteiger partial charge on any atom is -0.484 e. The lowest BCUT2D eigenvalue weighted by Crippen LogP contribution is -2.40. The van der Waals surface area contributed by atoms with Gasteiger partial charge in [-0.15, -0.1) is 0 Å². The van der Waals surface area contributed by atoms with E-state index in [9.17, 15) is 14.4 Å². The SMILES string of the molecule is Cn1nc2c(cc1=O)CN(C(=O)COc1ccc3c(c1)CCC(=O)N3)CC2. The zero-order valence-corrected chi connectivity index (χ0v) is 15.0. The number of nitrogens with zero attached hydrogens (tertiary/aromatic N) is 3. The lowest BCUT2D eigenvalue weighted by molar-refractivity contribution is -0.134. The van der Waals surface area contributed by atoms with E-state index in [1.54, 1.807) is 30.1 Å². The number of rotatable bonds is 3. The van der Waals surface area contributed by atoms with Crippen LogP contribution in [0, 0.1) is 0 Å². The molecule has 2 aliphatic heterocycles. The number of carbonyl (C=O) groups is 2. The summed E-state index contributed by atoms with van der Waals surface area (Å²) < 4.78 is 6.98. The van der Waals surface area contributed by atoms with Gasteiger partial charge in [-0.2, -0.15) is 5.10 Å². The third-order valence-electron chi connectivity index (χ3n) is 4.92. The molecule has 0 bridgehead atoms. The zero-order valence-electron chi connectivity index (χ0n) is 15.0. The molecule has 3 heterocycles. The smallest absolute Gasteiger partial charge is 0.266 e. The number of ether oxygens (including phenoxy) is 1. The molecule has 0 saturated heterocycles. The van der Waals surface area contributed by atoms with Crippen LogP contribution in [0.15, 0.2) is 29.1 Å². The Morgan fingerprint density at radius 1 is 1.19 bits per heavy atom. The van der Waals surface area contributed by atoms with E-state index in [1.165, 1.54) is 4.68 Å². The second-order valence-corrected chi connectivity index (χ2v) is 6.80. The van der Waals surface area contributed by atoms with Crippen LogP contribution in [0.3, 0.4) is 0 Å². The summed E-state index contributed by atoms with van der Waals surface area (Å²) in [6.07, 6.45) is 1.74. The van der Waals surface area contributed by atoms with Gasteiger partial charge in [0.15, 0.2) is 6.61 Å². The molecule has 1 aromatic carbocycles. The molecule has 0 unspecified atom stereocenters. The Morgan fingerprint density at radius 2 is 2.04 bits per heavy atom. The molecular formula is C19H20N4O4. The number of aromatic nitrogens is 2. The maximum Gasteiger partial charge on any atom is 0.266 e. The Morgan fingerprint density at radius 3 is 2.89 bits per heavy atom. The van der Waals surface area contributed by atoms with E-state index in [-0.39, 0.29) is 24.0 Å². The van der Waals surface area contributed by atoms with Crippen molar-refractivity contribution in [1.29, 1.82) is 0 Å². The normalized spacial score (nSPS) is 15.6. The summed E-state index contributed by atoms with van der Waals surface area (Å²) in [5.41, 5.74) is 3.28. The summed E-state index contributed by atoms with van der Waals surface area (Å²) in [6.45, 7) is 0.853. The van der Waals surface area contributed by atoms with Crippen molar-refractivity contribution in [1.82, 2.24) is 14.7 Å². The Kier molecular flexibility index (Phi) is 4.39. The maximum atomic E-state index is 12.5. The molecule has 2 aliphatic rings. The van der Waals surface area contributed by atoms with Gasteiger partial charge in [0, 0.05) is 50.3 Å². The molecule has 0 aliphatic carbocycles. The largest absolute Gasteiger partial charge is 0.484 e. The Balaban J connectivity index is 1.39. The van der Waals surface area contributed by atoms with E-state index < -0.39 is 0 Å². The van der Waals surface area contributed by atoms with Gasteiger partial charge in [-0.25, -0.2) is 4.68 Å². The minimum atomic E-state index is -0.180. The predicted octanol–water partition coefficient (Wildman–Crippen LogP) is 0.629. The van der Waals surface area contributed by atoms with Crippen molar-refractivity contribution < 1.29 is 14.3 Å². The van der Waals surface area contributed by atoms with Crippen LogP contribution in [-0.2, 0) is 36.0 Å². The van der Waals surface area contributed by atoms with Gasteiger partial charge in [-0.05, 0) is 30.2 Å². The second-order valence-electron chi connectivity index (χ2n) is 6.80. The quantitative estimate of drug-likeness (QED) is 0.858. The predicted molar refractivity (Wildman–Crippen MR) is 97.5 cm³/mol. The lowest BCUT2D eigenvalue weighted by Gasteiger charge is -2.28. The number of anilines is 1. The van der Waals surface area contributed by atoms with Crippen LogP contribution in [0.1, 0.15) is 23.2 Å². The lowest BCUT2D eigenvalue weighted by atomic mass is 10.0. The van der Waals surface area contributed by atoms with Gasteiger partial charge in [0.25, 0.3) is 11.5 Å². The summed E-state index contributed by atoms with van der Waals surface area (Å²) >= 11 is 0. The fourth-order valence-electron chi connectivity index (χ4n) is 3.39. The first-order valence-corrected chi connectivity index (χ1v) is 8.89. The molecule has 8 nitrogen and oxygen atoms in total. The molecule has 0 atom stereocenters. The number of fused-ring (bicyclic) bond motifs is 2. The molecule has 0 radical (unpaired) electrons. The molecule has 1 aromatic heterocycles. The van der Waals surface area contributed by atoms with Crippen molar-refractivity contribution in [3.8, 4) is 5.75 Å². The molecular weight excluding hydrogens is 348 g/mol. The number of aryl methyl sites for hydroxylation is 2. The second kappa shape index (κ2) is 6.86. The summed E-state index contributed by atoms with van der Waals surface area (Å²) in [5.74, 6) is 0.486. The van der Waals surface area contributed by atoms with Crippen LogP contribution in [0.5, 0.6) is 5.75 Å². The van der Waals surface area contributed by atoms with Crippen molar-refractivity contribution in [2.24, 2.45) is 7.05 Å². The number of hydrogen-bond acceptors (Lipinski definition) is 5. The highest BCUT2D eigenvalue weighted by Crippen LogP contribution is 2.27. The number of carbonyl (C=O) groups excluding carboxylic acids is 2. The van der Waals surface area contributed by atoms with Crippen LogP contribution in [0.4, 0.5) is 5.69 Å². The fraction of sp³-hybridized carbons (Fsp3) is 0.368. The molecule has 4 rings (SSSR count). The summed E-state index contributed by atoms with van der Waals surface area (Å²) in [7, 11) is 1.62. The molecule has 0 saturated carbocycles. The van der Waals surface area contributed by atoms with Crippen LogP contribution in [0.25, 0.3) is 0 Å². The van der Waals surface area contributed by atoms with E-state index >= 15 is 0 Å². The van der Waals surface area contributed by atoms with Gasteiger partial charge in [0.1, 0.15) is 5.75 Å². The summed E-state index contributed by atoms with van der Waals surface area (Å²) in [5, 5.41) is 7.07. The van der Waals surface area contributed by atoms with Crippen LogP contribution in [-0.4, -0.2) is 39.6 Å². The van der Waals surface area contributed by atoms with Gasteiger partial charge < -0.3 is 15.0 Å². The fourth-order valence-corrected chi connectivity index (χ4v) is 3.39. The van der Waals surface area contributed by atoms with Gasteiger partial charge in [-0.1, -0.05) is 0 Å². The highest BCUT2D eigenvalue weighted by atomic mass is 16.5. The third-order valence-corrected chi connectivity index (χ3v) is 4.92. The van der Waals surface area contributed by atoms with Crippen molar-refractivity contribution in [2.45, 2.75) is 25.8 Å². The van der Waals surface area contributed by atoms with E-state index in [0.717, 1.165) is 22.5 Å². The summed E-state index contributed by atoms with van der Waals surface area (Å²) in [4.78, 5) is 37.4. The van der Waals surface area contributed by atoms with Crippen molar-refractivity contribution >= 4 is 17.5 Å². The minimum absolute atomic E-state index is 0.0149. The number of nitrogens with one attached hydrogen (secondary N) is 1. The van der Waals surface area contributed by atoms with E-state index in [1.807, 2.05) is 6.07 Å². The van der Waals surface area contributed by atoms with Crippen molar-refractivity contribution in [3.63, 3.8) is 0 Å². The average Bonchev–Trinajstić information content (AvgIpc) is 2.66. The van der Waals surface area contributed by atoms with Gasteiger partial charge >= 0.3 is 0 Å². The standard InChI is InChI=1S/C19H20N4O4/c1-22-18(25)9-13-10-23(7-6-16(13)21-22)19(26)11-27-14-3-4-15-12(8-14)2-5-17(24)20-15/h3-4,8-9H,2,5-7,10-11H2,1H3,(H,20,24). The first kappa shape index (κ1) is 17.3. The monoisotopic (exact) mass is 368 g/mol. The molecule has 1 N–H and O–H groups in total. The number of benzene rings is 1. The first-order chi connectivity index (χ1) is 13.0. The Hall–Kier alpha value is -3.16. The number of hydrogen-bond donors (Lipinski definition) is 1. The molecule has 8 heteroatoms. The van der Waals surface area contributed by atoms with Gasteiger partial charge in [-0.3, -0.25) is 14.4 Å². The summed E-state index contributed by atoms with van der Waals surface area (Å²) in [6, 6.07) is 6.95. The highest BCUT2D eigenvalue weighted by molar-refractivity contribution is 5.94. The Bertz CT molecular complexity index is 982. The van der Waals surface area contributed by atoms with Crippen LogP contribution in [0.2, 0.25) is 0 Å². The van der Waals surface area contributed by atoms with Gasteiger partial charge in [0.2, 0.25) is 5.91 Å². The third kappa shape index (κ3) is 3.55. The van der Waals surface area contributed by atoms with Gasteiger partial charge in [0.05, 0.1) is 5.69 Å². The molecule has 2 amide bonds. The van der Waals surface area contributed by atoms with Crippen LogP contribution < -0.4 is 15.6 Å². The van der Waals surface area contributed by atoms with E-state index in [2.05, 4.69) is 10.4 Å². The molecule has 0 spiro atoms. The molecule has 27 heavy (non-hydrogen) atoms. The molecule has 0 fully saturated rings. The van der Waals surface area contributed by atoms with Crippen molar-refractivity contribution in [2.75, 3.05) is 18.5 Å². The number of amides is 2. The van der Waals surface area contributed by atoms with Crippen molar-refractivity contribution in [3.05, 3.63) is 51.4 Å². The van der Waals surface area contributed by atoms with E-state index in [0.29, 0.717) is 38.1 Å². The Labute approximate surface area is 155 Å².